The van der Waals surface area contributed by atoms with Crippen LogP contribution in [0.15, 0.2) is 4.52 Å². The lowest BCUT2D eigenvalue weighted by atomic mass is 9.76. The summed E-state index contributed by atoms with van der Waals surface area (Å²) in [7, 11) is 0. The highest BCUT2D eigenvalue weighted by Gasteiger charge is 2.46. The number of nitrogens with one attached hydrogen (secondary N) is 2. The molecule has 3 fully saturated rings. The van der Waals surface area contributed by atoms with Crippen LogP contribution in [-0.2, 0) is 10.3 Å². The summed E-state index contributed by atoms with van der Waals surface area (Å²) < 4.78 is 10.8. The van der Waals surface area contributed by atoms with Gasteiger partial charge in [0.05, 0.1) is 18.2 Å². The van der Waals surface area contributed by atoms with E-state index in [1.165, 1.54) is 0 Å². The molecule has 2 N–H and O–H groups in total. The smallest absolute Gasteiger partial charge is 0.315 e. The molecule has 4 rings (SSSR count). The molecule has 0 spiro atoms. The maximum Gasteiger partial charge on any atom is 0.315 e. The van der Waals surface area contributed by atoms with Gasteiger partial charge in [-0.05, 0) is 38.5 Å². The van der Waals surface area contributed by atoms with Crippen molar-refractivity contribution in [1.82, 2.24) is 20.8 Å². The molecule has 114 valence electrons. The SMILES string of the molecule is Cc1nc(C2(NC(=O)N[C@@H]3C[C@H]4CC[C@H]3O4)CCC2)no1. The summed E-state index contributed by atoms with van der Waals surface area (Å²) in [6.45, 7) is 1.76. The van der Waals surface area contributed by atoms with E-state index in [-0.39, 0.29) is 18.2 Å². The Morgan fingerprint density at radius 1 is 1.38 bits per heavy atom. The number of nitrogens with zero attached hydrogens (tertiary/aromatic N) is 2. The Hall–Kier alpha value is -1.63. The Kier molecular flexibility index (Phi) is 2.92. The highest BCUT2D eigenvalue weighted by Crippen LogP contribution is 2.40. The molecule has 7 nitrogen and oxygen atoms in total. The van der Waals surface area contributed by atoms with Gasteiger partial charge in [0.1, 0.15) is 5.54 Å². The molecule has 2 aliphatic heterocycles. The second-order valence-electron chi connectivity index (χ2n) is 6.39. The van der Waals surface area contributed by atoms with Crippen LogP contribution in [0, 0.1) is 6.92 Å². The van der Waals surface area contributed by atoms with Crippen molar-refractivity contribution in [3.05, 3.63) is 11.7 Å². The first-order chi connectivity index (χ1) is 10.1. The van der Waals surface area contributed by atoms with Crippen LogP contribution in [0.1, 0.15) is 50.2 Å². The van der Waals surface area contributed by atoms with Crippen LogP contribution in [0.5, 0.6) is 0 Å². The summed E-state index contributed by atoms with van der Waals surface area (Å²) in [6.07, 6.45) is 6.38. The Labute approximate surface area is 122 Å². The number of amides is 2. The van der Waals surface area contributed by atoms with Crippen LogP contribution < -0.4 is 10.6 Å². The topological polar surface area (TPSA) is 89.3 Å². The van der Waals surface area contributed by atoms with Crippen molar-refractivity contribution in [2.75, 3.05) is 0 Å². The van der Waals surface area contributed by atoms with E-state index in [9.17, 15) is 4.79 Å². The average Bonchev–Trinajstić information content (AvgIpc) is 3.10. The summed E-state index contributed by atoms with van der Waals surface area (Å²) in [5.41, 5.74) is -0.458. The molecule has 2 bridgehead atoms. The minimum atomic E-state index is -0.458. The van der Waals surface area contributed by atoms with Gasteiger partial charge in [0, 0.05) is 6.92 Å². The minimum absolute atomic E-state index is 0.132. The number of hydrogen-bond acceptors (Lipinski definition) is 5. The first-order valence-electron chi connectivity index (χ1n) is 7.70. The van der Waals surface area contributed by atoms with Gasteiger partial charge in [0.15, 0.2) is 5.82 Å². The van der Waals surface area contributed by atoms with Gasteiger partial charge in [0.25, 0.3) is 0 Å². The summed E-state index contributed by atoms with van der Waals surface area (Å²) in [5.74, 6) is 1.12. The number of hydrogen-bond donors (Lipinski definition) is 2. The third kappa shape index (κ3) is 2.19. The Morgan fingerprint density at radius 3 is 2.76 bits per heavy atom. The molecular formula is C14H20N4O3. The molecule has 21 heavy (non-hydrogen) atoms. The van der Waals surface area contributed by atoms with Crippen molar-refractivity contribution in [2.24, 2.45) is 0 Å². The number of fused-ring (bicyclic) bond motifs is 2. The zero-order chi connectivity index (χ0) is 14.4. The second kappa shape index (κ2) is 4.69. The van der Waals surface area contributed by atoms with E-state index in [1.807, 2.05) is 0 Å². The Morgan fingerprint density at radius 2 is 2.24 bits per heavy atom. The summed E-state index contributed by atoms with van der Waals surface area (Å²) in [5, 5.41) is 10.1. The maximum absolute atomic E-state index is 12.3. The molecule has 0 aromatic carbocycles. The number of aromatic nitrogens is 2. The number of carbonyl (C=O) groups excluding carboxylic acids is 1. The van der Waals surface area contributed by atoms with Gasteiger partial charge in [0.2, 0.25) is 5.89 Å². The second-order valence-corrected chi connectivity index (χ2v) is 6.39. The number of rotatable bonds is 3. The van der Waals surface area contributed by atoms with Gasteiger partial charge in [-0.25, -0.2) is 4.79 Å². The fourth-order valence-corrected chi connectivity index (χ4v) is 3.64. The van der Waals surface area contributed by atoms with E-state index in [1.54, 1.807) is 6.92 Å². The molecule has 1 aromatic heterocycles. The van der Waals surface area contributed by atoms with Crippen molar-refractivity contribution in [3.8, 4) is 0 Å². The third-order valence-corrected chi connectivity index (χ3v) is 4.94. The molecule has 1 aromatic rings. The van der Waals surface area contributed by atoms with Gasteiger partial charge in [-0.3, -0.25) is 0 Å². The first kappa shape index (κ1) is 13.1. The predicted molar refractivity (Wildman–Crippen MR) is 72.5 cm³/mol. The van der Waals surface area contributed by atoms with Crippen LogP contribution in [0.3, 0.4) is 0 Å². The van der Waals surface area contributed by atoms with E-state index in [4.69, 9.17) is 9.26 Å². The quantitative estimate of drug-likeness (QED) is 0.878. The molecule has 3 heterocycles. The normalized spacial score (nSPS) is 32.7. The Bertz CT molecular complexity index is 554. The van der Waals surface area contributed by atoms with E-state index in [0.29, 0.717) is 17.8 Å². The molecule has 3 atom stereocenters. The summed E-state index contributed by atoms with van der Waals surface area (Å²) in [6, 6.07) is -0.0221. The third-order valence-electron chi connectivity index (χ3n) is 4.94. The van der Waals surface area contributed by atoms with Gasteiger partial charge < -0.3 is 19.9 Å². The zero-order valence-corrected chi connectivity index (χ0v) is 12.1. The van der Waals surface area contributed by atoms with E-state index in [2.05, 4.69) is 20.8 Å². The maximum atomic E-state index is 12.3. The van der Waals surface area contributed by atoms with Crippen molar-refractivity contribution in [2.45, 2.75) is 69.2 Å². The number of ether oxygens (including phenoxy) is 1. The van der Waals surface area contributed by atoms with Crippen molar-refractivity contribution >= 4 is 6.03 Å². The monoisotopic (exact) mass is 292 g/mol. The lowest BCUT2D eigenvalue weighted by Gasteiger charge is -2.40. The molecule has 0 radical (unpaired) electrons. The van der Waals surface area contributed by atoms with Gasteiger partial charge in [-0.15, -0.1) is 0 Å². The molecule has 2 amide bonds. The number of urea groups is 1. The largest absolute Gasteiger partial charge is 0.373 e. The molecule has 3 aliphatic rings. The standard InChI is InChI=1S/C14H20N4O3/c1-8-15-12(18-21-8)14(5-2-6-14)17-13(19)16-10-7-9-3-4-11(10)20-9/h9-11H,2-7H2,1H3,(H2,16,17,19)/t9-,10-,11-/m1/s1. The summed E-state index contributed by atoms with van der Waals surface area (Å²) >= 11 is 0. The fraction of sp³-hybridized carbons (Fsp3) is 0.786. The molecule has 1 saturated carbocycles. The van der Waals surface area contributed by atoms with E-state index in [0.717, 1.165) is 38.5 Å². The van der Waals surface area contributed by atoms with Crippen LogP contribution in [-0.4, -0.2) is 34.4 Å². The fourth-order valence-electron chi connectivity index (χ4n) is 3.64. The summed E-state index contributed by atoms with van der Waals surface area (Å²) in [4.78, 5) is 16.6. The molecule has 0 unspecified atom stereocenters. The van der Waals surface area contributed by atoms with Gasteiger partial charge in [-0.1, -0.05) is 5.16 Å². The van der Waals surface area contributed by atoms with Gasteiger partial charge in [-0.2, -0.15) is 4.98 Å². The van der Waals surface area contributed by atoms with Crippen molar-refractivity contribution in [1.29, 1.82) is 0 Å². The van der Waals surface area contributed by atoms with Crippen LogP contribution in [0.4, 0.5) is 4.79 Å². The van der Waals surface area contributed by atoms with E-state index < -0.39 is 5.54 Å². The van der Waals surface area contributed by atoms with Crippen LogP contribution in [0.2, 0.25) is 0 Å². The predicted octanol–water partition coefficient (Wildman–Crippen LogP) is 1.38. The van der Waals surface area contributed by atoms with Crippen LogP contribution >= 0.6 is 0 Å². The Balaban J connectivity index is 1.41. The van der Waals surface area contributed by atoms with Crippen molar-refractivity contribution in [3.63, 3.8) is 0 Å². The first-order valence-corrected chi connectivity index (χ1v) is 7.70. The number of aryl methyl sites for hydroxylation is 1. The molecule has 7 heteroatoms. The van der Waals surface area contributed by atoms with Gasteiger partial charge >= 0.3 is 6.03 Å². The lowest BCUT2D eigenvalue weighted by molar-refractivity contribution is 0.0971. The highest BCUT2D eigenvalue weighted by molar-refractivity contribution is 5.75. The molecule has 1 aliphatic carbocycles. The highest BCUT2D eigenvalue weighted by atomic mass is 16.5. The average molecular weight is 292 g/mol. The van der Waals surface area contributed by atoms with Crippen LogP contribution in [0.25, 0.3) is 0 Å². The zero-order valence-electron chi connectivity index (χ0n) is 12.1. The van der Waals surface area contributed by atoms with E-state index >= 15 is 0 Å². The molecular weight excluding hydrogens is 272 g/mol. The number of carbonyl (C=O) groups is 1. The minimum Gasteiger partial charge on any atom is -0.373 e. The lowest BCUT2D eigenvalue weighted by Crippen LogP contribution is -2.57. The van der Waals surface area contributed by atoms with Crippen molar-refractivity contribution < 1.29 is 14.1 Å². The molecule has 2 saturated heterocycles.